The first-order chi connectivity index (χ1) is 12.5. The first-order valence-electron chi connectivity index (χ1n) is 7.76. The largest absolute Gasteiger partial charge is 0.504 e. The molecule has 3 N–H and O–H groups in total. The lowest BCUT2D eigenvalue weighted by Gasteiger charge is -2.08. The van der Waals surface area contributed by atoms with Crippen LogP contribution in [-0.2, 0) is 11.4 Å². The zero-order chi connectivity index (χ0) is 19.1. The highest BCUT2D eigenvalue weighted by Gasteiger charge is 2.08. The highest BCUT2D eigenvalue weighted by atomic mass is 16.5. The van der Waals surface area contributed by atoms with E-state index in [0.717, 1.165) is 0 Å². The van der Waals surface area contributed by atoms with Gasteiger partial charge in [0.15, 0.2) is 28.8 Å². The second-order valence-electron chi connectivity index (χ2n) is 5.39. The van der Waals surface area contributed by atoms with Crippen molar-refractivity contribution in [2.45, 2.75) is 6.61 Å². The Morgan fingerprint density at radius 1 is 0.962 bits per heavy atom. The molecule has 6 nitrogen and oxygen atoms in total. The smallest absolute Gasteiger partial charge is 0.178 e. The van der Waals surface area contributed by atoms with Crippen molar-refractivity contribution in [2.75, 3.05) is 14.2 Å². The van der Waals surface area contributed by atoms with Crippen LogP contribution in [0.1, 0.15) is 16.7 Å². The molecule has 0 radical (unpaired) electrons. The van der Waals surface area contributed by atoms with Gasteiger partial charge < -0.3 is 24.8 Å². The fourth-order valence-corrected chi connectivity index (χ4v) is 2.27. The average Bonchev–Trinajstić information content (AvgIpc) is 2.66. The van der Waals surface area contributed by atoms with Crippen molar-refractivity contribution < 1.29 is 29.6 Å². The summed E-state index contributed by atoms with van der Waals surface area (Å²) in [5.41, 5.74) is 1.62. The molecule has 0 saturated carbocycles. The monoisotopic (exact) mass is 356 g/mol. The van der Waals surface area contributed by atoms with Gasteiger partial charge in [-0.1, -0.05) is 18.2 Å². The van der Waals surface area contributed by atoms with E-state index in [1.54, 1.807) is 36.4 Å². The lowest BCUT2D eigenvalue weighted by atomic mass is 10.1. The summed E-state index contributed by atoms with van der Waals surface area (Å²) in [6.45, 7) is -0.347. The molecule has 2 rings (SSSR count). The molecular formula is C20H20O6. The molecule has 2 aromatic rings. The molecule has 0 aliphatic carbocycles. The van der Waals surface area contributed by atoms with Gasteiger partial charge in [0.05, 0.1) is 20.8 Å². The minimum Gasteiger partial charge on any atom is -0.504 e. The molecule has 2 aromatic carbocycles. The maximum absolute atomic E-state index is 12.0. The number of aliphatic hydroxyl groups excluding tert-OH is 1. The number of aromatic hydroxyl groups is 2. The van der Waals surface area contributed by atoms with Crippen LogP contribution >= 0.6 is 0 Å². The SMILES string of the molecule is COc1cc(/C=C/C(=O)/C=C/c2cc(CO)c(O)c(OC)c2)ccc1O. The van der Waals surface area contributed by atoms with E-state index in [1.165, 1.54) is 32.4 Å². The van der Waals surface area contributed by atoms with Crippen molar-refractivity contribution in [3.05, 3.63) is 59.2 Å². The normalized spacial score (nSPS) is 11.2. The van der Waals surface area contributed by atoms with Crippen molar-refractivity contribution in [1.82, 2.24) is 0 Å². The van der Waals surface area contributed by atoms with Gasteiger partial charge in [0, 0.05) is 5.56 Å². The number of carbonyl (C=O) groups is 1. The number of allylic oxidation sites excluding steroid dienone is 2. The lowest BCUT2D eigenvalue weighted by molar-refractivity contribution is -0.110. The third kappa shape index (κ3) is 4.64. The molecule has 0 saturated heterocycles. The summed E-state index contributed by atoms with van der Waals surface area (Å²) >= 11 is 0. The average molecular weight is 356 g/mol. The van der Waals surface area contributed by atoms with Crippen LogP contribution in [0.5, 0.6) is 23.0 Å². The summed E-state index contributed by atoms with van der Waals surface area (Å²) in [6, 6.07) is 7.88. The van der Waals surface area contributed by atoms with Crippen LogP contribution in [0.2, 0.25) is 0 Å². The van der Waals surface area contributed by atoms with Gasteiger partial charge >= 0.3 is 0 Å². The quantitative estimate of drug-likeness (QED) is 0.660. The number of aliphatic hydroxyl groups is 1. The summed E-state index contributed by atoms with van der Waals surface area (Å²) in [5.74, 6) is 0.185. The van der Waals surface area contributed by atoms with Gasteiger partial charge in [-0.05, 0) is 47.5 Å². The molecule has 0 aliphatic rings. The third-order valence-corrected chi connectivity index (χ3v) is 3.65. The summed E-state index contributed by atoms with van der Waals surface area (Å²) < 4.78 is 10.1. The number of methoxy groups -OCH3 is 2. The lowest BCUT2D eigenvalue weighted by Crippen LogP contribution is -1.92. The van der Waals surface area contributed by atoms with Gasteiger partial charge in [-0.25, -0.2) is 0 Å². The standard InChI is InChI=1S/C20H20O6/c1-25-18-10-13(5-8-17(18)23)3-6-16(22)7-4-14-9-15(12-21)20(24)19(11-14)26-2/h3-11,21,23-24H,12H2,1-2H3/b6-3+,7-4+. The summed E-state index contributed by atoms with van der Waals surface area (Å²) in [6.07, 6.45) is 5.91. The van der Waals surface area contributed by atoms with Crippen LogP contribution in [-0.4, -0.2) is 35.3 Å². The van der Waals surface area contributed by atoms with Crippen molar-refractivity contribution in [2.24, 2.45) is 0 Å². The summed E-state index contributed by atoms with van der Waals surface area (Å²) in [5, 5.41) is 28.7. The maximum Gasteiger partial charge on any atom is 0.178 e. The minimum atomic E-state index is -0.347. The van der Waals surface area contributed by atoms with Gasteiger partial charge in [0.25, 0.3) is 0 Å². The van der Waals surface area contributed by atoms with Crippen LogP contribution in [0.4, 0.5) is 0 Å². The molecule has 0 atom stereocenters. The number of phenols is 2. The van der Waals surface area contributed by atoms with Crippen molar-refractivity contribution in [3.63, 3.8) is 0 Å². The summed E-state index contributed by atoms with van der Waals surface area (Å²) in [4.78, 5) is 12.0. The fraction of sp³-hybridized carbons (Fsp3) is 0.150. The van der Waals surface area contributed by atoms with Gasteiger partial charge in [-0.3, -0.25) is 4.79 Å². The van der Waals surface area contributed by atoms with Crippen LogP contribution in [0.15, 0.2) is 42.5 Å². The number of hydrogen-bond donors (Lipinski definition) is 3. The van der Waals surface area contributed by atoms with Crippen LogP contribution in [0, 0.1) is 0 Å². The molecule has 0 aromatic heterocycles. The van der Waals surface area contributed by atoms with Crippen LogP contribution in [0.3, 0.4) is 0 Å². The van der Waals surface area contributed by atoms with Crippen molar-refractivity contribution >= 4 is 17.9 Å². The van der Waals surface area contributed by atoms with Gasteiger partial charge in [-0.15, -0.1) is 0 Å². The Kier molecular flexibility index (Phi) is 6.41. The van der Waals surface area contributed by atoms with E-state index in [-0.39, 0.29) is 29.6 Å². The maximum atomic E-state index is 12.0. The van der Waals surface area contributed by atoms with Crippen LogP contribution in [0.25, 0.3) is 12.2 Å². The van der Waals surface area contributed by atoms with Crippen LogP contribution < -0.4 is 9.47 Å². The number of carbonyl (C=O) groups excluding carboxylic acids is 1. The molecule has 0 amide bonds. The topological polar surface area (TPSA) is 96.2 Å². The van der Waals surface area contributed by atoms with Crippen molar-refractivity contribution in [3.8, 4) is 23.0 Å². The van der Waals surface area contributed by atoms with Gasteiger partial charge in [-0.2, -0.15) is 0 Å². The molecule has 0 spiro atoms. The number of ether oxygens (including phenoxy) is 2. The molecule has 0 bridgehead atoms. The molecule has 136 valence electrons. The summed E-state index contributed by atoms with van der Waals surface area (Å²) in [7, 11) is 2.85. The Bertz CT molecular complexity index is 826. The Balaban J connectivity index is 2.14. The van der Waals surface area contributed by atoms with Gasteiger partial charge in [0.2, 0.25) is 0 Å². The zero-order valence-electron chi connectivity index (χ0n) is 14.5. The van der Waals surface area contributed by atoms with Crippen molar-refractivity contribution in [1.29, 1.82) is 0 Å². The van der Waals surface area contributed by atoms with E-state index >= 15 is 0 Å². The fourth-order valence-electron chi connectivity index (χ4n) is 2.27. The number of benzene rings is 2. The molecular weight excluding hydrogens is 336 g/mol. The number of phenolic OH excluding ortho intramolecular Hbond substituents is 1. The molecule has 0 unspecified atom stereocenters. The molecule has 26 heavy (non-hydrogen) atoms. The number of ketones is 1. The molecule has 0 aliphatic heterocycles. The minimum absolute atomic E-state index is 0.0248. The molecule has 0 fully saturated rings. The van der Waals surface area contributed by atoms with E-state index in [2.05, 4.69) is 0 Å². The Morgan fingerprint density at radius 3 is 2.19 bits per heavy atom. The van der Waals surface area contributed by atoms with E-state index in [0.29, 0.717) is 22.4 Å². The predicted molar refractivity (Wildman–Crippen MR) is 98.3 cm³/mol. The third-order valence-electron chi connectivity index (χ3n) is 3.65. The molecule has 6 heteroatoms. The Labute approximate surface area is 151 Å². The zero-order valence-corrected chi connectivity index (χ0v) is 14.5. The Hall–Kier alpha value is -3.25. The second-order valence-corrected chi connectivity index (χ2v) is 5.39. The highest BCUT2D eigenvalue weighted by Crippen LogP contribution is 2.32. The first kappa shape index (κ1) is 19.1. The number of hydrogen-bond acceptors (Lipinski definition) is 6. The highest BCUT2D eigenvalue weighted by molar-refractivity contribution is 6.04. The van der Waals surface area contributed by atoms with E-state index in [1.807, 2.05) is 0 Å². The predicted octanol–water partition coefficient (Wildman–Crippen LogP) is 2.90. The molecule has 0 heterocycles. The van der Waals surface area contributed by atoms with E-state index < -0.39 is 0 Å². The van der Waals surface area contributed by atoms with Gasteiger partial charge in [0.1, 0.15) is 0 Å². The van der Waals surface area contributed by atoms with E-state index in [9.17, 15) is 20.1 Å². The van der Waals surface area contributed by atoms with E-state index in [4.69, 9.17) is 9.47 Å². The first-order valence-corrected chi connectivity index (χ1v) is 7.76. The number of rotatable bonds is 7. The Morgan fingerprint density at radius 2 is 1.58 bits per heavy atom. The second kappa shape index (κ2) is 8.73.